The summed E-state index contributed by atoms with van der Waals surface area (Å²) in [5.74, 6) is 2.24. The van der Waals surface area contributed by atoms with Crippen molar-refractivity contribution in [3.8, 4) is 23.0 Å². The lowest BCUT2D eigenvalue weighted by atomic mass is 10.2. The molecule has 1 aromatic carbocycles. The minimum atomic E-state index is -0.290. The van der Waals surface area contributed by atoms with Gasteiger partial charge in [-0.15, -0.1) is 11.6 Å². The van der Waals surface area contributed by atoms with Crippen LogP contribution in [-0.4, -0.2) is 23.4 Å². The van der Waals surface area contributed by atoms with Crippen LogP contribution in [0.4, 0.5) is 0 Å². The van der Waals surface area contributed by atoms with E-state index in [0.29, 0.717) is 36.4 Å². The zero-order valence-corrected chi connectivity index (χ0v) is 12.5. The maximum Gasteiger partial charge on any atom is 0.258 e. The molecule has 1 heterocycles. The average molecular weight is 297 g/mol. The van der Waals surface area contributed by atoms with Crippen LogP contribution >= 0.6 is 11.6 Å². The quantitative estimate of drug-likeness (QED) is 0.758. The molecular weight excluding hydrogens is 280 g/mol. The molecule has 2 rings (SSSR count). The van der Waals surface area contributed by atoms with Crippen molar-refractivity contribution in [3.63, 3.8) is 0 Å². The molecule has 0 saturated carbocycles. The van der Waals surface area contributed by atoms with Crippen LogP contribution in [-0.2, 0) is 0 Å². The molecule has 108 valence electrons. The minimum Gasteiger partial charge on any atom is -0.490 e. The minimum absolute atomic E-state index is 0.290. The molecule has 0 radical (unpaired) electrons. The van der Waals surface area contributed by atoms with Gasteiger partial charge in [0.2, 0.25) is 0 Å². The van der Waals surface area contributed by atoms with E-state index in [1.807, 2.05) is 32.0 Å². The van der Waals surface area contributed by atoms with Crippen molar-refractivity contribution in [1.29, 1.82) is 0 Å². The molecule has 0 aliphatic rings. The van der Waals surface area contributed by atoms with Crippen LogP contribution in [0.5, 0.6) is 11.5 Å². The van der Waals surface area contributed by atoms with Gasteiger partial charge in [0, 0.05) is 5.56 Å². The number of hydrogen-bond acceptors (Lipinski definition) is 5. The molecule has 1 unspecified atom stereocenters. The molecule has 1 atom stereocenters. The highest BCUT2D eigenvalue weighted by molar-refractivity contribution is 6.20. The van der Waals surface area contributed by atoms with Gasteiger partial charge in [0.1, 0.15) is 0 Å². The molecule has 1 aromatic heterocycles. The van der Waals surface area contributed by atoms with Crippen molar-refractivity contribution < 1.29 is 14.0 Å². The Bertz CT molecular complexity index is 569. The zero-order chi connectivity index (χ0) is 14.5. The lowest BCUT2D eigenvalue weighted by Gasteiger charge is -2.11. The molecule has 5 nitrogen and oxygen atoms in total. The van der Waals surface area contributed by atoms with Crippen LogP contribution in [0.15, 0.2) is 22.7 Å². The molecule has 6 heteroatoms. The highest BCUT2D eigenvalue weighted by Crippen LogP contribution is 2.32. The molecule has 0 N–H and O–H groups in total. The molecule has 0 bridgehead atoms. The summed E-state index contributed by atoms with van der Waals surface area (Å²) < 4.78 is 16.3. The summed E-state index contributed by atoms with van der Waals surface area (Å²) in [4.78, 5) is 4.25. The second kappa shape index (κ2) is 6.61. The third-order valence-electron chi connectivity index (χ3n) is 2.59. The lowest BCUT2D eigenvalue weighted by Crippen LogP contribution is -1.98. The van der Waals surface area contributed by atoms with Gasteiger partial charge in [-0.2, -0.15) is 4.98 Å². The third-order valence-corrected chi connectivity index (χ3v) is 2.78. The van der Waals surface area contributed by atoms with Gasteiger partial charge in [-0.25, -0.2) is 0 Å². The van der Waals surface area contributed by atoms with Gasteiger partial charge in [0.05, 0.1) is 18.6 Å². The molecule has 0 aliphatic carbocycles. The summed E-state index contributed by atoms with van der Waals surface area (Å²) >= 11 is 5.92. The van der Waals surface area contributed by atoms with Gasteiger partial charge in [-0.05, 0) is 39.0 Å². The van der Waals surface area contributed by atoms with E-state index < -0.39 is 0 Å². The van der Waals surface area contributed by atoms with Crippen LogP contribution in [0, 0.1) is 0 Å². The van der Waals surface area contributed by atoms with Crippen molar-refractivity contribution in [2.75, 3.05) is 13.2 Å². The van der Waals surface area contributed by atoms with Crippen molar-refractivity contribution in [3.05, 3.63) is 24.0 Å². The van der Waals surface area contributed by atoms with Gasteiger partial charge in [-0.3, -0.25) is 0 Å². The number of hydrogen-bond donors (Lipinski definition) is 0. The van der Waals surface area contributed by atoms with Crippen molar-refractivity contribution in [2.24, 2.45) is 0 Å². The van der Waals surface area contributed by atoms with Crippen LogP contribution < -0.4 is 9.47 Å². The smallest absolute Gasteiger partial charge is 0.258 e. The first-order chi connectivity index (χ1) is 9.65. The van der Waals surface area contributed by atoms with Gasteiger partial charge in [-0.1, -0.05) is 5.16 Å². The Morgan fingerprint density at radius 2 is 1.90 bits per heavy atom. The van der Waals surface area contributed by atoms with Crippen LogP contribution in [0.25, 0.3) is 11.5 Å². The largest absolute Gasteiger partial charge is 0.490 e. The molecule has 2 aromatic rings. The van der Waals surface area contributed by atoms with E-state index in [4.69, 9.17) is 25.6 Å². The summed E-state index contributed by atoms with van der Waals surface area (Å²) in [5, 5.41) is 3.55. The van der Waals surface area contributed by atoms with Gasteiger partial charge >= 0.3 is 0 Å². The highest BCUT2D eigenvalue weighted by atomic mass is 35.5. The first-order valence-corrected chi connectivity index (χ1v) is 6.97. The summed E-state index contributed by atoms with van der Waals surface area (Å²) in [6.07, 6.45) is 0. The maximum absolute atomic E-state index is 5.92. The number of rotatable bonds is 6. The van der Waals surface area contributed by atoms with Gasteiger partial charge in [0.15, 0.2) is 17.3 Å². The average Bonchev–Trinajstić information content (AvgIpc) is 2.91. The Balaban J connectivity index is 2.33. The standard InChI is InChI=1S/C14H17ClN2O3/c1-4-18-11-7-6-10(8-12(11)19-5-2)14-16-13(9(3)15)17-20-14/h6-9H,4-5H2,1-3H3. The Hall–Kier alpha value is -1.75. The van der Waals surface area contributed by atoms with Crippen molar-refractivity contribution in [2.45, 2.75) is 26.1 Å². The fourth-order valence-electron chi connectivity index (χ4n) is 1.70. The Morgan fingerprint density at radius 1 is 1.20 bits per heavy atom. The molecule has 0 amide bonds. The van der Waals surface area contributed by atoms with Crippen molar-refractivity contribution in [1.82, 2.24) is 10.1 Å². The first-order valence-electron chi connectivity index (χ1n) is 6.53. The van der Waals surface area contributed by atoms with E-state index in [1.165, 1.54) is 0 Å². The fraction of sp³-hybridized carbons (Fsp3) is 0.429. The number of aromatic nitrogens is 2. The van der Waals surface area contributed by atoms with Gasteiger partial charge < -0.3 is 14.0 Å². The Labute approximate surface area is 122 Å². The number of ether oxygens (including phenoxy) is 2. The molecule has 0 spiro atoms. The van der Waals surface area contributed by atoms with E-state index >= 15 is 0 Å². The molecule has 20 heavy (non-hydrogen) atoms. The maximum atomic E-state index is 5.92. The Kier molecular flexibility index (Phi) is 4.84. The topological polar surface area (TPSA) is 57.4 Å². The molecule has 0 saturated heterocycles. The van der Waals surface area contributed by atoms with Crippen molar-refractivity contribution >= 4 is 11.6 Å². The summed E-state index contributed by atoms with van der Waals surface area (Å²) in [5.41, 5.74) is 0.771. The monoisotopic (exact) mass is 296 g/mol. The van der Waals surface area contributed by atoms with Crippen LogP contribution in [0.2, 0.25) is 0 Å². The summed E-state index contributed by atoms with van der Waals surface area (Å²) in [6, 6.07) is 5.51. The third kappa shape index (κ3) is 3.22. The predicted octanol–water partition coefficient (Wildman–Crippen LogP) is 3.83. The fourth-order valence-corrected chi connectivity index (χ4v) is 1.79. The van der Waals surface area contributed by atoms with E-state index in [9.17, 15) is 0 Å². The number of benzene rings is 1. The van der Waals surface area contributed by atoms with Crippen LogP contribution in [0.3, 0.4) is 0 Å². The number of alkyl halides is 1. The summed E-state index contributed by atoms with van der Waals surface area (Å²) in [6.45, 7) is 6.77. The van der Waals surface area contributed by atoms with E-state index in [-0.39, 0.29) is 5.38 Å². The normalized spacial score (nSPS) is 12.2. The van der Waals surface area contributed by atoms with Gasteiger partial charge in [0.25, 0.3) is 5.89 Å². The molecular formula is C14H17ClN2O3. The van der Waals surface area contributed by atoms with E-state index in [0.717, 1.165) is 5.56 Å². The SMILES string of the molecule is CCOc1ccc(-c2nc(C(C)Cl)no2)cc1OCC. The zero-order valence-electron chi connectivity index (χ0n) is 11.7. The number of nitrogens with zero attached hydrogens (tertiary/aromatic N) is 2. The number of halogens is 1. The molecule has 0 aliphatic heterocycles. The predicted molar refractivity (Wildman–Crippen MR) is 76.3 cm³/mol. The van der Waals surface area contributed by atoms with E-state index in [1.54, 1.807) is 6.92 Å². The second-order valence-electron chi connectivity index (χ2n) is 4.10. The van der Waals surface area contributed by atoms with E-state index in [2.05, 4.69) is 10.1 Å². The summed E-state index contributed by atoms with van der Waals surface area (Å²) in [7, 11) is 0. The molecule has 0 fully saturated rings. The highest BCUT2D eigenvalue weighted by Gasteiger charge is 2.15. The second-order valence-corrected chi connectivity index (χ2v) is 4.76. The Morgan fingerprint density at radius 3 is 2.50 bits per heavy atom. The lowest BCUT2D eigenvalue weighted by molar-refractivity contribution is 0.288. The first kappa shape index (κ1) is 14.7. The van der Waals surface area contributed by atoms with Crippen LogP contribution in [0.1, 0.15) is 32.0 Å².